The number of ether oxygens (including phenoxy) is 1. The van der Waals surface area contributed by atoms with Crippen molar-refractivity contribution in [2.24, 2.45) is 0 Å². The Morgan fingerprint density at radius 2 is 2.05 bits per heavy atom. The van der Waals surface area contributed by atoms with Crippen LogP contribution in [0.4, 0.5) is 5.95 Å². The van der Waals surface area contributed by atoms with E-state index in [0.29, 0.717) is 55.0 Å². The maximum atomic E-state index is 13.4. The highest BCUT2D eigenvalue weighted by molar-refractivity contribution is 6.33. The largest absolute Gasteiger partial charge is 0.392 e. The number of anilines is 1. The Hall–Kier alpha value is -3.53. The van der Waals surface area contributed by atoms with Crippen LogP contribution in [0.1, 0.15) is 58.4 Å². The molecule has 208 valence electrons. The summed E-state index contributed by atoms with van der Waals surface area (Å²) in [6, 6.07) is 11.6. The molecule has 4 heterocycles. The number of carbonyl (C=O) groups is 2. The highest BCUT2D eigenvalue weighted by Gasteiger charge is 2.34. The number of aliphatic hydroxyl groups excluding tert-OH is 1. The number of nitrogens with zero attached hydrogens (tertiary/aromatic N) is 4. The summed E-state index contributed by atoms with van der Waals surface area (Å²) in [7, 11) is 0. The van der Waals surface area contributed by atoms with Gasteiger partial charge in [0, 0.05) is 43.5 Å². The lowest BCUT2D eigenvalue weighted by atomic mass is 9.90. The van der Waals surface area contributed by atoms with Gasteiger partial charge in [-0.15, -0.1) is 0 Å². The zero-order chi connectivity index (χ0) is 27.8. The molecule has 3 aliphatic heterocycles. The topological polar surface area (TPSA) is 108 Å². The second-order valence-electron chi connectivity index (χ2n) is 10.6. The summed E-state index contributed by atoms with van der Waals surface area (Å²) in [5.74, 6) is 0.230. The molecular formula is C30H32ClN5O4. The molecule has 0 aliphatic carbocycles. The first-order valence-corrected chi connectivity index (χ1v) is 14.1. The average Bonchev–Trinajstić information content (AvgIpc) is 3.28. The lowest BCUT2D eigenvalue weighted by molar-refractivity contribution is -0.134. The number of halogens is 1. The monoisotopic (exact) mass is 561 g/mol. The van der Waals surface area contributed by atoms with Gasteiger partial charge in [-0.3, -0.25) is 9.59 Å². The first-order valence-electron chi connectivity index (χ1n) is 13.7. The van der Waals surface area contributed by atoms with Crippen molar-refractivity contribution in [3.05, 3.63) is 75.4 Å². The molecule has 1 fully saturated rings. The van der Waals surface area contributed by atoms with Gasteiger partial charge in [0.25, 0.3) is 5.91 Å². The fourth-order valence-corrected chi connectivity index (χ4v) is 6.19. The van der Waals surface area contributed by atoms with Gasteiger partial charge in [-0.25, -0.2) is 9.97 Å². The van der Waals surface area contributed by atoms with E-state index in [4.69, 9.17) is 16.3 Å². The summed E-state index contributed by atoms with van der Waals surface area (Å²) in [5, 5.41) is 13.5. The molecule has 1 aromatic heterocycles. The minimum atomic E-state index is -0.177. The van der Waals surface area contributed by atoms with Crippen LogP contribution in [0, 0.1) is 0 Å². The molecule has 6 rings (SSSR count). The number of benzene rings is 2. The van der Waals surface area contributed by atoms with Crippen molar-refractivity contribution in [2.45, 2.75) is 51.4 Å². The minimum Gasteiger partial charge on any atom is -0.392 e. The van der Waals surface area contributed by atoms with Crippen LogP contribution in [-0.2, 0) is 29.1 Å². The van der Waals surface area contributed by atoms with Gasteiger partial charge in [-0.1, -0.05) is 41.9 Å². The summed E-state index contributed by atoms with van der Waals surface area (Å²) in [4.78, 5) is 39.2. The van der Waals surface area contributed by atoms with Crippen LogP contribution < -0.4 is 5.32 Å². The quantitative estimate of drug-likeness (QED) is 0.468. The van der Waals surface area contributed by atoms with E-state index < -0.39 is 0 Å². The highest BCUT2D eigenvalue weighted by Crippen LogP contribution is 2.34. The standard InChI is InChI=1S/C30H32ClN5O4/c1-18-23-4-2-3-21(17-37)24(23)7-10-36(18)27(38)16-35-15-20-6-5-19(13-25(20)29(35)39)28-26(31)14-32-30(34-28)33-22-8-11-40-12-9-22/h2-6,13-14,18,22,37H,7-12,15-17H2,1H3,(H,32,33,34)/t18-/m0/s1. The zero-order valence-corrected chi connectivity index (χ0v) is 23.2. The molecule has 1 saturated heterocycles. The van der Waals surface area contributed by atoms with E-state index in [1.165, 1.54) is 0 Å². The Morgan fingerprint density at radius 3 is 2.85 bits per heavy atom. The third-order valence-electron chi connectivity index (χ3n) is 8.21. The normalized spacial score (nSPS) is 19.0. The molecule has 0 spiro atoms. The van der Waals surface area contributed by atoms with Crippen molar-refractivity contribution < 1.29 is 19.4 Å². The van der Waals surface area contributed by atoms with E-state index >= 15 is 0 Å². The van der Waals surface area contributed by atoms with Crippen molar-refractivity contribution in [2.75, 3.05) is 31.6 Å². The predicted molar refractivity (Wildman–Crippen MR) is 151 cm³/mol. The lowest BCUT2D eigenvalue weighted by Gasteiger charge is -2.37. The van der Waals surface area contributed by atoms with Crippen LogP contribution >= 0.6 is 11.6 Å². The summed E-state index contributed by atoms with van der Waals surface area (Å²) < 4.78 is 5.43. The molecule has 40 heavy (non-hydrogen) atoms. The second-order valence-corrected chi connectivity index (χ2v) is 11.0. The van der Waals surface area contributed by atoms with Gasteiger partial charge in [0.2, 0.25) is 11.9 Å². The second kappa shape index (κ2) is 11.2. The number of aromatic nitrogens is 2. The summed E-state index contributed by atoms with van der Waals surface area (Å²) >= 11 is 6.48. The van der Waals surface area contributed by atoms with Crippen LogP contribution in [0.15, 0.2) is 42.6 Å². The van der Waals surface area contributed by atoms with Gasteiger partial charge in [0.05, 0.1) is 29.6 Å². The van der Waals surface area contributed by atoms with Gasteiger partial charge >= 0.3 is 0 Å². The van der Waals surface area contributed by atoms with E-state index in [0.717, 1.165) is 40.7 Å². The Morgan fingerprint density at radius 1 is 1.23 bits per heavy atom. The molecule has 0 bridgehead atoms. The maximum absolute atomic E-state index is 13.4. The Labute approximate surface area is 238 Å². The molecule has 9 nitrogen and oxygen atoms in total. The summed E-state index contributed by atoms with van der Waals surface area (Å²) in [6.07, 6.45) is 4.03. The number of hydrogen-bond donors (Lipinski definition) is 2. The van der Waals surface area contributed by atoms with Crippen molar-refractivity contribution in [1.29, 1.82) is 0 Å². The Balaban J connectivity index is 1.17. The molecule has 0 saturated carbocycles. The van der Waals surface area contributed by atoms with Crippen molar-refractivity contribution in [3.8, 4) is 11.3 Å². The number of rotatable bonds is 6. The molecular weight excluding hydrogens is 530 g/mol. The van der Waals surface area contributed by atoms with E-state index in [1.54, 1.807) is 11.1 Å². The van der Waals surface area contributed by atoms with Crippen LogP contribution in [0.2, 0.25) is 5.02 Å². The number of nitrogens with one attached hydrogen (secondary N) is 1. The predicted octanol–water partition coefficient (Wildman–Crippen LogP) is 3.98. The smallest absolute Gasteiger partial charge is 0.254 e. The molecule has 0 radical (unpaired) electrons. The first kappa shape index (κ1) is 26.7. The molecule has 3 aliphatic rings. The molecule has 0 unspecified atom stereocenters. The molecule has 2 amide bonds. The molecule has 2 N–H and O–H groups in total. The third kappa shape index (κ3) is 5.05. The van der Waals surface area contributed by atoms with Crippen LogP contribution in [0.25, 0.3) is 11.3 Å². The minimum absolute atomic E-state index is 0.00957. The van der Waals surface area contributed by atoms with Crippen LogP contribution in [-0.4, -0.2) is 69.0 Å². The number of aliphatic hydroxyl groups is 1. The Bertz CT molecular complexity index is 1460. The van der Waals surface area contributed by atoms with Gasteiger partial charge in [0.1, 0.15) is 6.54 Å². The maximum Gasteiger partial charge on any atom is 0.254 e. The van der Waals surface area contributed by atoms with Crippen molar-refractivity contribution in [1.82, 2.24) is 19.8 Å². The SMILES string of the molecule is C[C@H]1c2cccc(CO)c2CCN1C(=O)CN1Cc2ccc(-c3nc(NC4CCOCC4)ncc3Cl)cc2C1=O. The van der Waals surface area contributed by atoms with E-state index in [9.17, 15) is 14.7 Å². The molecule has 10 heteroatoms. The molecule has 2 aromatic carbocycles. The fourth-order valence-electron chi connectivity index (χ4n) is 5.99. The molecule has 1 atom stereocenters. The van der Waals surface area contributed by atoms with Crippen molar-refractivity contribution in [3.63, 3.8) is 0 Å². The number of carbonyl (C=O) groups excluding carboxylic acids is 2. The van der Waals surface area contributed by atoms with Gasteiger partial charge in [0.15, 0.2) is 0 Å². The third-order valence-corrected chi connectivity index (χ3v) is 8.48. The first-order chi connectivity index (χ1) is 19.4. The fraction of sp³-hybridized carbons (Fsp3) is 0.400. The number of amides is 2. The van der Waals surface area contributed by atoms with Gasteiger partial charge < -0.3 is 25.0 Å². The van der Waals surface area contributed by atoms with E-state index in [2.05, 4.69) is 15.3 Å². The summed E-state index contributed by atoms with van der Waals surface area (Å²) in [6.45, 7) is 4.34. The van der Waals surface area contributed by atoms with Crippen molar-refractivity contribution >= 4 is 29.4 Å². The Kier molecular flexibility index (Phi) is 7.44. The van der Waals surface area contributed by atoms with E-state index in [1.807, 2.05) is 48.2 Å². The average molecular weight is 562 g/mol. The lowest BCUT2D eigenvalue weighted by Crippen LogP contribution is -2.44. The highest BCUT2D eigenvalue weighted by atomic mass is 35.5. The summed E-state index contributed by atoms with van der Waals surface area (Å²) in [5.41, 5.74) is 5.80. The van der Waals surface area contributed by atoms with Gasteiger partial charge in [-0.05, 0) is 54.5 Å². The number of hydrogen-bond acceptors (Lipinski definition) is 7. The zero-order valence-electron chi connectivity index (χ0n) is 22.4. The van der Waals surface area contributed by atoms with Crippen LogP contribution in [0.3, 0.4) is 0 Å². The van der Waals surface area contributed by atoms with E-state index in [-0.39, 0.29) is 37.0 Å². The molecule has 3 aromatic rings. The van der Waals surface area contributed by atoms with Crippen LogP contribution in [0.5, 0.6) is 0 Å². The van der Waals surface area contributed by atoms with Gasteiger partial charge in [-0.2, -0.15) is 0 Å². The number of fused-ring (bicyclic) bond motifs is 2.